The summed E-state index contributed by atoms with van der Waals surface area (Å²) in [6, 6.07) is 5.79. The summed E-state index contributed by atoms with van der Waals surface area (Å²) >= 11 is 3.44. The van der Waals surface area contributed by atoms with Crippen molar-refractivity contribution < 1.29 is 14.3 Å². The summed E-state index contributed by atoms with van der Waals surface area (Å²) in [7, 11) is 0. The highest BCUT2D eigenvalue weighted by Crippen LogP contribution is 2.30. The van der Waals surface area contributed by atoms with E-state index in [-0.39, 0.29) is 24.5 Å². The van der Waals surface area contributed by atoms with Crippen molar-refractivity contribution >= 4 is 33.5 Å². The first kappa shape index (κ1) is 14.6. The van der Waals surface area contributed by atoms with Crippen molar-refractivity contribution in [1.82, 2.24) is 0 Å². The maximum absolute atomic E-state index is 12.1. The molecule has 0 atom stereocenters. The molecular formula is C16H18BrNO3. The number of aryl methyl sites for hydroxylation is 1. The molecule has 0 spiro atoms. The molecule has 1 aromatic carbocycles. The topological polar surface area (TPSA) is 46.6 Å². The largest absolute Gasteiger partial charge is 0.461 e. The lowest BCUT2D eigenvalue weighted by atomic mass is 10.0. The lowest BCUT2D eigenvalue weighted by Gasteiger charge is -2.29. The first-order valence-corrected chi connectivity index (χ1v) is 8.21. The minimum atomic E-state index is -0.300. The van der Waals surface area contributed by atoms with Crippen LogP contribution in [0.3, 0.4) is 0 Å². The van der Waals surface area contributed by atoms with E-state index >= 15 is 0 Å². The first-order chi connectivity index (χ1) is 10.1. The van der Waals surface area contributed by atoms with Gasteiger partial charge in [-0.25, -0.2) is 0 Å². The van der Waals surface area contributed by atoms with Crippen LogP contribution in [0, 0.1) is 0 Å². The van der Waals surface area contributed by atoms with Crippen molar-refractivity contribution in [2.24, 2.45) is 0 Å². The molecule has 0 N–H and O–H groups in total. The molecule has 1 aliphatic carbocycles. The molecule has 0 radical (unpaired) electrons. The molecule has 5 heteroatoms. The van der Waals surface area contributed by atoms with E-state index in [4.69, 9.17) is 4.74 Å². The fraction of sp³-hybridized carbons (Fsp3) is 0.500. The molecule has 4 nitrogen and oxygen atoms in total. The number of amides is 1. The second kappa shape index (κ2) is 6.18. The van der Waals surface area contributed by atoms with Gasteiger partial charge in [-0.05, 0) is 55.9 Å². The van der Waals surface area contributed by atoms with Crippen LogP contribution in [-0.4, -0.2) is 24.5 Å². The number of hydrogen-bond donors (Lipinski definition) is 0. The Labute approximate surface area is 132 Å². The molecule has 0 aromatic heterocycles. The summed E-state index contributed by atoms with van der Waals surface area (Å²) in [6.07, 6.45) is 5.35. The van der Waals surface area contributed by atoms with Gasteiger partial charge in [0.15, 0.2) is 0 Å². The Morgan fingerprint density at radius 2 is 2.05 bits per heavy atom. The van der Waals surface area contributed by atoms with Gasteiger partial charge in [-0.2, -0.15) is 0 Å². The summed E-state index contributed by atoms with van der Waals surface area (Å²) < 4.78 is 6.45. The van der Waals surface area contributed by atoms with E-state index in [9.17, 15) is 9.59 Å². The van der Waals surface area contributed by atoms with Crippen molar-refractivity contribution in [2.45, 2.75) is 44.6 Å². The molecule has 3 rings (SSSR count). The number of nitrogens with zero attached hydrogens (tertiary/aromatic N) is 1. The molecule has 1 saturated carbocycles. The lowest BCUT2D eigenvalue weighted by molar-refractivity contribution is -0.147. The zero-order valence-corrected chi connectivity index (χ0v) is 13.4. The molecule has 1 amide bonds. The number of esters is 1. The number of hydrogen-bond acceptors (Lipinski definition) is 3. The van der Waals surface area contributed by atoms with Crippen LogP contribution >= 0.6 is 15.9 Å². The van der Waals surface area contributed by atoms with Gasteiger partial charge in [0, 0.05) is 16.6 Å². The Kier molecular flexibility index (Phi) is 4.29. The number of rotatable bonds is 3. The van der Waals surface area contributed by atoms with E-state index in [0.717, 1.165) is 47.8 Å². The minimum absolute atomic E-state index is 0.00630. The number of carbonyl (C=O) groups excluding carboxylic acids is 2. The Bertz CT molecular complexity index is 567. The molecule has 1 heterocycles. The monoisotopic (exact) mass is 351 g/mol. The number of ether oxygens (including phenoxy) is 1. The summed E-state index contributed by atoms with van der Waals surface area (Å²) in [5, 5.41) is 0. The second-order valence-corrected chi connectivity index (χ2v) is 6.56. The number of carbonyl (C=O) groups is 2. The number of benzene rings is 1. The average Bonchev–Trinajstić information content (AvgIpc) is 2.95. The van der Waals surface area contributed by atoms with Crippen molar-refractivity contribution in [3.05, 3.63) is 28.2 Å². The second-order valence-electron chi connectivity index (χ2n) is 5.65. The average molecular weight is 352 g/mol. The molecule has 2 aliphatic rings. The van der Waals surface area contributed by atoms with E-state index in [1.807, 2.05) is 18.2 Å². The number of halogens is 1. The summed E-state index contributed by atoms with van der Waals surface area (Å²) in [6.45, 7) is 0.0178. The van der Waals surface area contributed by atoms with Crippen LogP contribution in [0.4, 0.5) is 5.69 Å². The van der Waals surface area contributed by atoms with Crippen LogP contribution in [0.1, 0.15) is 37.7 Å². The molecule has 0 bridgehead atoms. The smallest absolute Gasteiger partial charge is 0.326 e. The lowest BCUT2D eigenvalue weighted by Crippen LogP contribution is -2.40. The Morgan fingerprint density at radius 3 is 2.81 bits per heavy atom. The predicted molar refractivity (Wildman–Crippen MR) is 83.2 cm³/mol. The van der Waals surface area contributed by atoms with E-state index < -0.39 is 0 Å². The Balaban J connectivity index is 1.72. The summed E-state index contributed by atoms with van der Waals surface area (Å²) in [4.78, 5) is 25.7. The van der Waals surface area contributed by atoms with Gasteiger partial charge in [-0.15, -0.1) is 0 Å². The normalized spacial score (nSPS) is 18.7. The molecule has 0 saturated heterocycles. The SMILES string of the molecule is O=C(CN1C(=O)CCc2cc(Br)ccc21)OC1CCCC1. The standard InChI is InChI=1S/C16H18BrNO3/c17-12-6-7-14-11(9-12)5-8-15(19)18(14)10-16(20)21-13-3-1-2-4-13/h6-7,9,13H,1-5,8,10H2. The minimum Gasteiger partial charge on any atom is -0.461 e. The van der Waals surface area contributed by atoms with Crippen LogP contribution in [0.15, 0.2) is 22.7 Å². The van der Waals surface area contributed by atoms with Gasteiger partial charge in [-0.3, -0.25) is 9.59 Å². The first-order valence-electron chi connectivity index (χ1n) is 7.42. The van der Waals surface area contributed by atoms with Gasteiger partial charge in [-0.1, -0.05) is 15.9 Å². The number of anilines is 1. The van der Waals surface area contributed by atoms with Crippen molar-refractivity contribution in [1.29, 1.82) is 0 Å². The van der Waals surface area contributed by atoms with Crippen molar-refractivity contribution in [3.8, 4) is 0 Å². The maximum Gasteiger partial charge on any atom is 0.326 e. The summed E-state index contributed by atoms with van der Waals surface area (Å²) in [5.41, 5.74) is 1.93. The van der Waals surface area contributed by atoms with Gasteiger partial charge in [0.05, 0.1) is 0 Å². The van der Waals surface area contributed by atoms with E-state index in [1.54, 1.807) is 4.90 Å². The summed E-state index contributed by atoms with van der Waals surface area (Å²) in [5.74, 6) is -0.306. The van der Waals surface area contributed by atoms with Gasteiger partial charge < -0.3 is 9.64 Å². The van der Waals surface area contributed by atoms with Gasteiger partial charge in [0.2, 0.25) is 5.91 Å². The molecule has 112 valence electrons. The van der Waals surface area contributed by atoms with E-state index in [2.05, 4.69) is 15.9 Å². The number of fused-ring (bicyclic) bond motifs is 1. The van der Waals surface area contributed by atoms with E-state index in [0.29, 0.717) is 6.42 Å². The van der Waals surface area contributed by atoms with Gasteiger partial charge in [0.25, 0.3) is 0 Å². The van der Waals surface area contributed by atoms with Crippen LogP contribution in [0.5, 0.6) is 0 Å². The highest BCUT2D eigenvalue weighted by atomic mass is 79.9. The predicted octanol–water partition coefficient (Wildman–Crippen LogP) is 3.21. The molecule has 1 aromatic rings. The van der Waals surface area contributed by atoms with Crippen LogP contribution in [-0.2, 0) is 20.7 Å². The zero-order chi connectivity index (χ0) is 14.8. The van der Waals surface area contributed by atoms with Crippen LogP contribution < -0.4 is 4.90 Å². The molecule has 1 fully saturated rings. The third-order valence-electron chi connectivity index (χ3n) is 4.13. The van der Waals surface area contributed by atoms with Crippen molar-refractivity contribution in [3.63, 3.8) is 0 Å². The van der Waals surface area contributed by atoms with Crippen LogP contribution in [0.2, 0.25) is 0 Å². The fourth-order valence-corrected chi connectivity index (χ4v) is 3.47. The molecule has 1 aliphatic heterocycles. The third-order valence-corrected chi connectivity index (χ3v) is 4.62. The third kappa shape index (κ3) is 3.28. The van der Waals surface area contributed by atoms with Gasteiger partial charge in [0.1, 0.15) is 12.6 Å². The van der Waals surface area contributed by atoms with Crippen molar-refractivity contribution in [2.75, 3.05) is 11.4 Å². The van der Waals surface area contributed by atoms with Gasteiger partial charge >= 0.3 is 5.97 Å². The van der Waals surface area contributed by atoms with E-state index in [1.165, 1.54) is 0 Å². The molecule has 0 unspecified atom stereocenters. The fourth-order valence-electron chi connectivity index (χ4n) is 3.06. The Morgan fingerprint density at radius 1 is 1.29 bits per heavy atom. The highest BCUT2D eigenvalue weighted by Gasteiger charge is 2.28. The maximum atomic E-state index is 12.1. The highest BCUT2D eigenvalue weighted by molar-refractivity contribution is 9.10. The zero-order valence-electron chi connectivity index (χ0n) is 11.8. The quantitative estimate of drug-likeness (QED) is 0.785. The Hall–Kier alpha value is -1.36. The molecular weight excluding hydrogens is 334 g/mol. The van der Waals surface area contributed by atoms with Crippen LogP contribution in [0.25, 0.3) is 0 Å². The molecule has 21 heavy (non-hydrogen) atoms.